The van der Waals surface area contributed by atoms with Crippen LogP contribution in [0.2, 0.25) is 0 Å². The Kier molecular flexibility index (Phi) is 5.13. The second kappa shape index (κ2) is 7.52. The van der Waals surface area contributed by atoms with Gasteiger partial charge in [0.1, 0.15) is 5.82 Å². The van der Waals surface area contributed by atoms with Crippen molar-refractivity contribution in [2.45, 2.75) is 56.1 Å². The number of carbonyl (C=O) groups is 2. The summed E-state index contributed by atoms with van der Waals surface area (Å²) in [5.74, 6) is 2.19. The van der Waals surface area contributed by atoms with Gasteiger partial charge < -0.3 is 9.88 Å². The fraction of sp³-hybridized carbons (Fsp3) is 0.556. The third-order valence-corrected chi connectivity index (χ3v) is 6.69. The molecule has 1 amide bonds. The van der Waals surface area contributed by atoms with Crippen molar-refractivity contribution in [3.05, 3.63) is 27.7 Å². The highest BCUT2D eigenvalue weighted by molar-refractivity contribution is 7.99. The van der Waals surface area contributed by atoms with Crippen LogP contribution in [0.5, 0.6) is 0 Å². The number of rotatable bonds is 9. The number of ketones is 1. The summed E-state index contributed by atoms with van der Waals surface area (Å²) in [5, 5.41) is 12.4. The normalized spacial score (nSPS) is 16.7. The van der Waals surface area contributed by atoms with E-state index >= 15 is 0 Å². The smallest absolute Gasteiger partial charge is 0.216 e. The lowest BCUT2D eigenvalue weighted by Gasteiger charge is -2.07. The fourth-order valence-electron chi connectivity index (χ4n) is 2.91. The summed E-state index contributed by atoms with van der Waals surface area (Å²) in [6.45, 7) is 2.11. The number of amides is 1. The summed E-state index contributed by atoms with van der Waals surface area (Å²) in [7, 11) is 0. The molecule has 2 fully saturated rings. The van der Waals surface area contributed by atoms with E-state index in [9.17, 15) is 9.59 Å². The van der Waals surface area contributed by atoms with Crippen molar-refractivity contribution >= 4 is 34.8 Å². The van der Waals surface area contributed by atoms with E-state index in [0.29, 0.717) is 24.3 Å². The Morgan fingerprint density at radius 2 is 2.08 bits per heavy atom. The molecule has 2 aromatic rings. The number of hydrogen-bond donors (Lipinski definition) is 1. The van der Waals surface area contributed by atoms with Crippen LogP contribution in [0.4, 0.5) is 0 Å². The Hall–Kier alpha value is -1.67. The van der Waals surface area contributed by atoms with Crippen molar-refractivity contribution in [3.8, 4) is 0 Å². The average molecular weight is 391 g/mol. The SMILES string of the molecule is CC(=O)NCCc1ccc(C(=O)CSc2nnc(C3CC3)n2C2CC2)s1. The van der Waals surface area contributed by atoms with Crippen LogP contribution in [0, 0.1) is 0 Å². The van der Waals surface area contributed by atoms with Gasteiger partial charge >= 0.3 is 0 Å². The first-order valence-electron chi connectivity index (χ1n) is 9.05. The van der Waals surface area contributed by atoms with Gasteiger partial charge in [-0.1, -0.05) is 11.8 Å². The summed E-state index contributed by atoms with van der Waals surface area (Å²) in [6.07, 6.45) is 5.57. The zero-order chi connectivity index (χ0) is 18.1. The van der Waals surface area contributed by atoms with E-state index in [1.165, 1.54) is 55.7 Å². The third kappa shape index (κ3) is 4.17. The van der Waals surface area contributed by atoms with Gasteiger partial charge in [0.05, 0.1) is 10.6 Å². The first-order chi connectivity index (χ1) is 12.6. The number of aromatic nitrogens is 3. The topological polar surface area (TPSA) is 76.9 Å². The van der Waals surface area contributed by atoms with Crippen LogP contribution in [-0.4, -0.2) is 38.8 Å². The van der Waals surface area contributed by atoms with Crippen LogP contribution in [0.3, 0.4) is 0 Å². The first kappa shape index (κ1) is 17.7. The largest absolute Gasteiger partial charge is 0.356 e. The minimum atomic E-state index is -0.0282. The van der Waals surface area contributed by atoms with Crippen LogP contribution < -0.4 is 5.32 Å². The van der Waals surface area contributed by atoms with Gasteiger partial charge in [0, 0.05) is 30.3 Å². The number of Topliss-reactive ketones (excluding diaryl/α,β-unsaturated/α-hetero) is 1. The molecule has 0 aliphatic heterocycles. The Labute approximate surface area is 160 Å². The summed E-state index contributed by atoms with van der Waals surface area (Å²) < 4.78 is 2.28. The zero-order valence-corrected chi connectivity index (χ0v) is 16.4. The molecule has 1 N–H and O–H groups in total. The van der Waals surface area contributed by atoms with Gasteiger partial charge in [0.2, 0.25) is 5.91 Å². The van der Waals surface area contributed by atoms with Gasteiger partial charge in [-0.2, -0.15) is 0 Å². The van der Waals surface area contributed by atoms with Crippen LogP contribution in [0.15, 0.2) is 17.3 Å². The number of thiophene rings is 1. The first-order valence-corrected chi connectivity index (χ1v) is 10.9. The fourth-order valence-corrected chi connectivity index (χ4v) is 4.84. The van der Waals surface area contributed by atoms with E-state index in [2.05, 4.69) is 20.1 Å². The minimum Gasteiger partial charge on any atom is -0.356 e. The van der Waals surface area contributed by atoms with Crippen LogP contribution >= 0.6 is 23.1 Å². The quantitative estimate of drug-likeness (QED) is 0.525. The molecule has 0 spiro atoms. The molecule has 4 rings (SSSR count). The Morgan fingerprint density at radius 3 is 2.77 bits per heavy atom. The molecule has 6 nitrogen and oxygen atoms in total. The van der Waals surface area contributed by atoms with E-state index in [0.717, 1.165) is 27.2 Å². The second-order valence-electron chi connectivity index (χ2n) is 6.93. The summed E-state index contributed by atoms with van der Waals surface area (Å²) in [4.78, 5) is 25.3. The van der Waals surface area contributed by atoms with E-state index in [4.69, 9.17) is 0 Å². The molecule has 2 saturated carbocycles. The maximum atomic E-state index is 12.5. The highest BCUT2D eigenvalue weighted by Gasteiger charge is 2.36. The number of carbonyl (C=O) groups excluding carboxylic acids is 2. The maximum Gasteiger partial charge on any atom is 0.216 e. The molecular weight excluding hydrogens is 368 g/mol. The summed E-state index contributed by atoms with van der Waals surface area (Å²) >= 11 is 3.02. The Balaban J connectivity index is 1.34. The molecule has 0 atom stereocenters. The lowest BCUT2D eigenvalue weighted by atomic mass is 10.3. The molecule has 2 aromatic heterocycles. The maximum absolute atomic E-state index is 12.5. The van der Waals surface area contributed by atoms with Gasteiger partial charge in [-0.25, -0.2) is 0 Å². The monoisotopic (exact) mass is 390 g/mol. The van der Waals surface area contributed by atoms with Gasteiger partial charge in [-0.05, 0) is 44.2 Å². The summed E-state index contributed by atoms with van der Waals surface area (Å²) in [6, 6.07) is 4.40. The van der Waals surface area contributed by atoms with Crippen molar-refractivity contribution in [1.29, 1.82) is 0 Å². The second-order valence-corrected chi connectivity index (χ2v) is 9.04. The predicted octanol–water partition coefficient (Wildman–Crippen LogP) is 3.21. The Morgan fingerprint density at radius 1 is 1.27 bits per heavy atom. The molecule has 0 bridgehead atoms. The molecule has 0 saturated heterocycles. The standard InChI is InChI=1S/C18H22N4O2S2/c1-11(23)19-9-8-14-6-7-16(26-14)15(24)10-25-18-21-20-17(12-2-3-12)22(18)13-4-5-13/h6-7,12-13H,2-5,8-10H2,1H3,(H,19,23). The average Bonchev–Trinajstić information content (AvgIpc) is 3.54. The number of nitrogens with zero attached hydrogens (tertiary/aromatic N) is 3. The van der Waals surface area contributed by atoms with Gasteiger partial charge in [0.25, 0.3) is 0 Å². The third-order valence-electron chi connectivity index (χ3n) is 4.56. The molecule has 138 valence electrons. The van der Waals surface area contributed by atoms with Crippen molar-refractivity contribution < 1.29 is 9.59 Å². The highest BCUT2D eigenvalue weighted by atomic mass is 32.2. The van der Waals surface area contributed by atoms with E-state index < -0.39 is 0 Å². The molecule has 8 heteroatoms. The lowest BCUT2D eigenvalue weighted by Crippen LogP contribution is -2.22. The van der Waals surface area contributed by atoms with Gasteiger partial charge in [-0.3, -0.25) is 9.59 Å². The summed E-state index contributed by atoms with van der Waals surface area (Å²) in [5.41, 5.74) is 0. The van der Waals surface area contributed by atoms with Crippen molar-refractivity contribution in [2.24, 2.45) is 0 Å². The van der Waals surface area contributed by atoms with Crippen LogP contribution in [-0.2, 0) is 11.2 Å². The molecule has 0 aromatic carbocycles. The highest BCUT2D eigenvalue weighted by Crippen LogP contribution is 2.46. The number of nitrogens with one attached hydrogen (secondary N) is 1. The van der Waals surface area contributed by atoms with Crippen molar-refractivity contribution in [3.63, 3.8) is 0 Å². The van der Waals surface area contributed by atoms with Crippen molar-refractivity contribution in [1.82, 2.24) is 20.1 Å². The molecule has 0 radical (unpaired) electrons. The van der Waals surface area contributed by atoms with Crippen molar-refractivity contribution in [2.75, 3.05) is 12.3 Å². The lowest BCUT2D eigenvalue weighted by molar-refractivity contribution is -0.118. The molecule has 26 heavy (non-hydrogen) atoms. The number of thioether (sulfide) groups is 1. The molecule has 2 aliphatic carbocycles. The molecule has 2 aliphatic rings. The molecular formula is C18H22N4O2S2. The van der Waals surface area contributed by atoms with E-state index in [-0.39, 0.29) is 11.7 Å². The van der Waals surface area contributed by atoms with E-state index in [1.54, 1.807) is 0 Å². The zero-order valence-electron chi connectivity index (χ0n) is 14.7. The molecule has 2 heterocycles. The number of hydrogen-bond acceptors (Lipinski definition) is 6. The Bertz CT molecular complexity index is 821. The van der Waals surface area contributed by atoms with Crippen LogP contribution in [0.1, 0.15) is 64.9 Å². The minimum absolute atomic E-state index is 0.0282. The molecule has 0 unspecified atom stereocenters. The van der Waals surface area contributed by atoms with Crippen LogP contribution in [0.25, 0.3) is 0 Å². The van der Waals surface area contributed by atoms with Gasteiger partial charge in [0.15, 0.2) is 10.9 Å². The predicted molar refractivity (Wildman–Crippen MR) is 102 cm³/mol. The van der Waals surface area contributed by atoms with Gasteiger partial charge in [-0.15, -0.1) is 21.5 Å². The van der Waals surface area contributed by atoms with E-state index in [1.807, 2.05) is 12.1 Å².